The van der Waals surface area contributed by atoms with Crippen LogP contribution in [0.15, 0.2) is 61.1 Å². The molecule has 0 bridgehead atoms. The average molecular weight is 492 g/mol. The smallest absolute Gasteiger partial charge is 0.364 e. The number of amides is 3. The highest BCUT2D eigenvalue weighted by atomic mass is 35.5. The molecule has 176 valence electrons. The van der Waals surface area contributed by atoms with E-state index in [4.69, 9.17) is 5.73 Å². The number of urea groups is 1. The first kappa shape index (κ1) is 24.5. The van der Waals surface area contributed by atoms with Gasteiger partial charge in [-0.15, -0.1) is 12.4 Å². The van der Waals surface area contributed by atoms with Gasteiger partial charge >= 0.3 is 12.2 Å². The van der Waals surface area contributed by atoms with Gasteiger partial charge in [-0.3, -0.25) is 9.20 Å². The molecule has 0 aliphatic carbocycles. The summed E-state index contributed by atoms with van der Waals surface area (Å²) in [7, 11) is 0. The van der Waals surface area contributed by atoms with Crippen LogP contribution in [0.2, 0.25) is 0 Å². The minimum Gasteiger partial charge on any atom is -0.364 e. The van der Waals surface area contributed by atoms with Crippen molar-refractivity contribution < 1.29 is 22.8 Å². The van der Waals surface area contributed by atoms with Crippen molar-refractivity contribution in [1.29, 1.82) is 0 Å². The number of nitrogens with two attached hydrogens (primary N) is 1. The molecule has 0 spiro atoms. The van der Waals surface area contributed by atoms with Gasteiger partial charge in [-0.25, -0.2) is 19.7 Å². The van der Waals surface area contributed by atoms with E-state index in [0.717, 1.165) is 0 Å². The van der Waals surface area contributed by atoms with Gasteiger partial charge in [0.1, 0.15) is 17.9 Å². The van der Waals surface area contributed by atoms with Crippen molar-refractivity contribution in [3.8, 4) is 22.6 Å². The van der Waals surface area contributed by atoms with E-state index < -0.39 is 24.7 Å². The Balaban J connectivity index is 0.00000324. The molecule has 0 aliphatic heterocycles. The molecule has 0 atom stereocenters. The summed E-state index contributed by atoms with van der Waals surface area (Å²) >= 11 is 0. The summed E-state index contributed by atoms with van der Waals surface area (Å²) in [6.45, 7) is -1.43. The van der Waals surface area contributed by atoms with E-state index in [0.29, 0.717) is 34.0 Å². The molecule has 0 radical (unpaired) electrons. The second-order valence-corrected chi connectivity index (χ2v) is 6.92. The van der Waals surface area contributed by atoms with Gasteiger partial charge in [-0.05, 0) is 30.3 Å². The number of rotatable bonds is 5. The number of anilines is 1. The molecule has 3 heterocycles. The molecule has 4 rings (SSSR count). The van der Waals surface area contributed by atoms with Crippen LogP contribution in [-0.4, -0.2) is 44.0 Å². The third kappa shape index (κ3) is 5.59. The number of fused-ring (bicyclic) bond motifs is 1. The average Bonchev–Trinajstić information content (AvgIpc) is 3.21. The van der Waals surface area contributed by atoms with Gasteiger partial charge in [0.2, 0.25) is 0 Å². The number of nitrogens with zero attached hydrogens (tertiary/aromatic N) is 4. The number of imidazole rings is 1. The van der Waals surface area contributed by atoms with Gasteiger partial charge in [0, 0.05) is 29.2 Å². The molecule has 4 N–H and O–H groups in total. The fraction of sp³-hybridized carbons (Fsp3) is 0.0952. The van der Waals surface area contributed by atoms with Crippen LogP contribution < -0.4 is 16.4 Å². The summed E-state index contributed by atoms with van der Waals surface area (Å²) in [6.07, 6.45) is 0.291. The number of hydrogen-bond donors (Lipinski definition) is 3. The van der Waals surface area contributed by atoms with Crippen LogP contribution in [-0.2, 0) is 0 Å². The zero-order valence-corrected chi connectivity index (χ0v) is 18.0. The minimum atomic E-state index is -4.50. The molecular weight excluding hydrogens is 475 g/mol. The van der Waals surface area contributed by atoms with Crippen molar-refractivity contribution in [2.75, 3.05) is 11.9 Å². The molecule has 3 amide bonds. The molecule has 0 saturated heterocycles. The Labute approximate surface area is 196 Å². The number of nitrogens with one attached hydrogen (secondary N) is 2. The van der Waals surface area contributed by atoms with E-state index in [1.54, 1.807) is 58.5 Å². The van der Waals surface area contributed by atoms with E-state index >= 15 is 0 Å². The normalized spacial score (nSPS) is 11.0. The summed E-state index contributed by atoms with van der Waals surface area (Å²) in [4.78, 5) is 35.8. The Morgan fingerprint density at radius 2 is 1.85 bits per heavy atom. The first-order valence-electron chi connectivity index (χ1n) is 9.52. The zero-order valence-electron chi connectivity index (χ0n) is 17.2. The number of alkyl halides is 3. The van der Waals surface area contributed by atoms with Crippen LogP contribution >= 0.6 is 12.4 Å². The van der Waals surface area contributed by atoms with E-state index in [2.05, 4.69) is 20.3 Å². The number of hydrogen-bond acceptors (Lipinski definition) is 5. The Hall–Kier alpha value is -4.19. The van der Waals surface area contributed by atoms with E-state index in [9.17, 15) is 22.8 Å². The lowest BCUT2D eigenvalue weighted by Crippen LogP contribution is -2.36. The number of carbonyl (C=O) groups excluding carboxylic acids is 2. The number of aromatic nitrogens is 4. The quantitative estimate of drug-likeness (QED) is 0.392. The Morgan fingerprint density at radius 1 is 1.06 bits per heavy atom. The summed E-state index contributed by atoms with van der Waals surface area (Å²) in [5.41, 5.74) is 8.23. The lowest BCUT2D eigenvalue weighted by atomic mass is 10.1. The van der Waals surface area contributed by atoms with Crippen molar-refractivity contribution in [2.45, 2.75) is 6.18 Å². The lowest BCUT2D eigenvalue weighted by Gasteiger charge is -2.11. The maximum absolute atomic E-state index is 12.3. The Bertz CT molecular complexity index is 1360. The van der Waals surface area contributed by atoms with E-state index in [1.165, 1.54) is 12.3 Å². The molecule has 0 saturated carbocycles. The van der Waals surface area contributed by atoms with E-state index in [-0.39, 0.29) is 18.1 Å². The van der Waals surface area contributed by atoms with Crippen LogP contribution in [0.1, 0.15) is 10.5 Å². The molecule has 4 aromatic rings. The maximum Gasteiger partial charge on any atom is 0.405 e. The molecule has 34 heavy (non-hydrogen) atoms. The largest absolute Gasteiger partial charge is 0.405 e. The number of pyridine rings is 1. The Morgan fingerprint density at radius 3 is 2.59 bits per heavy atom. The van der Waals surface area contributed by atoms with Crippen LogP contribution in [0.3, 0.4) is 0 Å². The SMILES string of the molecule is Cl.NC(=O)c1ccnc(-c2ccn3c(-c4cccc(NC(=O)NCC(F)(F)F)c4)cnc3c2)n1. The second-order valence-electron chi connectivity index (χ2n) is 6.92. The monoisotopic (exact) mass is 491 g/mol. The van der Waals surface area contributed by atoms with Crippen LogP contribution in [0.4, 0.5) is 23.7 Å². The summed E-state index contributed by atoms with van der Waals surface area (Å²) in [5, 5.41) is 4.13. The number of primary amides is 1. The van der Waals surface area contributed by atoms with Gasteiger partial charge in [0.25, 0.3) is 5.91 Å². The summed E-state index contributed by atoms with van der Waals surface area (Å²) in [6, 6.07) is 10.5. The van der Waals surface area contributed by atoms with Gasteiger partial charge < -0.3 is 16.4 Å². The first-order chi connectivity index (χ1) is 15.7. The standard InChI is InChI=1S/C21H16F3N7O2.ClH/c22-21(23,24)11-28-20(33)29-14-3-1-2-12(8-14)16-10-27-17-9-13(5-7-31(16)17)19-26-6-4-15(30-19)18(25)32;/h1-10H,11H2,(H2,25,32)(H2,28,29,33);1H. The zero-order chi connectivity index (χ0) is 23.6. The molecule has 0 unspecified atom stereocenters. The minimum absolute atomic E-state index is 0. The van der Waals surface area contributed by atoms with Crippen LogP contribution in [0, 0.1) is 0 Å². The molecule has 3 aromatic heterocycles. The van der Waals surface area contributed by atoms with Crippen molar-refractivity contribution in [3.05, 3.63) is 66.7 Å². The predicted molar refractivity (Wildman–Crippen MR) is 120 cm³/mol. The summed E-state index contributed by atoms with van der Waals surface area (Å²) < 4.78 is 38.6. The van der Waals surface area contributed by atoms with Gasteiger partial charge in [0.05, 0.1) is 11.9 Å². The van der Waals surface area contributed by atoms with Crippen molar-refractivity contribution in [2.24, 2.45) is 5.73 Å². The summed E-state index contributed by atoms with van der Waals surface area (Å²) in [5.74, 6) is -0.349. The van der Waals surface area contributed by atoms with Crippen LogP contribution in [0.5, 0.6) is 0 Å². The topological polar surface area (TPSA) is 127 Å². The van der Waals surface area contributed by atoms with E-state index in [1.807, 2.05) is 0 Å². The van der Waals surface area contributed by atoms with Crippen molar-refractivity contribution in [1.82, 2.24) is 24.7 Å². The van der Waals surface area contributed by atoms with Crippen molar-refractivity contribution >= 4 is 35.7 Å². The molecule has 1 aromatic carbocycles. The Kier molecular flexibility index (Phi) is 7.01. The van der Waals surface area contributed by atoms with Gasteiger partial charge in [-0.2, -0.15) is 13.2 Å². The predicted octanol–water partition coefficient (Wildman–Crippen LogP) is 3.66. The third-order valence-electron chi connectivity index (χ3n) is 4.55. The molecule has 13 heteroatoms. The molecular formula is C21H17ClF3N7O2. The number of benzene rings is 1. The highest BCUT2D eigenvalue weighted by Gasteiger charge is 2.27. The van der Waals surface area contributed by atoms with Crippen LogP contribution in [0.25, 0.3) is 28.3 Å². The second kappa shape index (κ2) is 9.75. The first-order valence-corrected chi connectivity index (χ1v) is 9.52. The lowest BCUT2D eigenvalue weighted by molar-refractivity contribution is -0.122. The third-order valence-corrected chi connectivity index (χ3v) is 4.55. The maximum atomic E-state index is 12.3. The number of carbonyl (C=O) groups is 2. The van der Waals surface area contributed by atoms with Gasteiger partial charge in [0.15, 0.2) is 5.82 Å². The van der Waals surface area contributed by atoms with Gasteiger partial charge in [-0.1, -0.05) is 12.1 Å². The highest BCUT2D eigenvalue weighted by Crippen LogP contribution is 2.26. The number of halogens is 4. The molecule has 0 fully saturated rings. The fourth-order valence-electron chi connectivity index (χ4n) is 3.08. The molecule has 0 aliphatic rings. The highest BCUT2D eigenvalue weighted by molar-refractivity contribution is 5.91. The van der Waals surface area contributed by atoms with Crippen molar-refractivity contribution in [3.63, 3.8) is 0 Å². The molecule has 9 nitrogen and oxygen atoms in total. The fourth-order valence-corrected chi connectivity index (χ4v) is 3.08.